The minimum atomic E-state index is -4.87. The van der Waals surface area contributed by atoms with Gasteiger partial charge in [0.25, 0.3) is 5.91 Å². The van der Waals surface area contributed by atoms with Gasteiger partial charge in [-0.3, -0.25) is 4.79 Å². The van der Waals surface area contributed by atoms with Crippen molar-refractivity contribution in [2.24, 2.45) is 0 Å². The lowest BCUT2D eigenvalue weighted by Gasteiger charge is -2.24. The van der Waals surface area contributed by atoms with Crippen LogP contribution in [0.4, 0.5) is 29.3 Å². The number of imide groups is 1. The molecule has 1 unspecified atom stereocenters. The lowest BCUT2D eigenvalue weighted by molar-refractivity contribution is -0.187. The van der Waals surface area contributed by atoms with E-state index in [4.69, 9.17) is 5.73 Å². The van der Waals surface area contributed by atoms with Crippen LogP contribution in [-0.2, 0) is 4.79 Å². The number of alkyl halides is 3. The molecule has 0 saturated carbocycles. The van der Waals surface area contributed by atoms with Gasteiger partial charge in [0.2, 0.25) is 5.54 Å². The summed E-state index contributed by atoms with van der Waals surface area (Å²) >= 11 is 0. The molecule has 8 heteroatoms. The first-order valence-electron chi connectivity index (χ1n) is 5.26. The lowest BCUT2D eigenvalue weighted by Crippen LogP contribution is -2.56. The number of urea groups is 1. The van der Waals surface area contributed by atoms with Crippen LogP contribution in [0.3, 0.4) is 0 Å². The van der Waals surface area contributed by atoms with Gasteiger partial charge in [-0.1, -0.05) is 0 Å². The summed E-state index contributed by atoms with van der Waals surface area (Å²) in [5, 5.41) is 1.66. The van der Waals surface area contributed by atoms with Crippen LogP contribution in [0, 0.1) is 0 Å². The molecule has 0 radical (unpaired) electrons. The highest BCUT2D eigenvalue weighted by atomic mass is 19.4. The molecule has 1 aliphatic rings. The van der Waals surface area contributed by atoms with Gasteiger partial charge in [-0.05, 0) is 31.2 Å². The van der Waals surface area contributed by atoms with Crippen molar-refractivity contribution in [3.05, 3.63) is 24.3 Å². The Bertz CT molecular complexity index is 541. The predicted molar refractivity (Wildman–Crippen MR) is 61.3 cm³/mol. The van der Waals surface area contributed by atoms with Gasteiger partial charge >= 0.3 is 12.2 Å². The van der Waals surface area contributed by atoms with E-state index in [2.05, 4.69) is 0 Å². The maximum Gasteiger partial charge on any atom is 0.420 e. The van der Waals surface area contributed by atoms with Crippen molar-refractivity contribution in [3.8, 4) is 0 Å². The maximum absolute atomic E-state index is 12.8. The molecule has 1 aromatic rings. The highest BCUT2D eigenvalue weighted by Gasteiger charge is 2.64. The van der Waals surface area contributed by atoms with Crippen molar-refractivity contribution in [2.75, 3.05) is 10.6 Å². The Morgan fingerprint density at radius 2 is 1.74 bits per heavy atom. The fraction of sp³-hybridized carbons (Fsp3) is 0.273. The summed E-state index contributed by atoms with van der Waals surface area (Å²) in [6, 6.07) is 4.26. The Kier molecular flexibility index (Phi) is 2.69. The molecule has 3 N–H and O–H groups in total. The van der Waals surface area contributed by atoms with Gasteiger partial charge in [0.15, 0.2) is 0 Å². The highest BCUT2D eigenvalue weighted by molar-refractivity contribution is 6.23. The molecule has 0 aliphatic carbocycles. The molecule has 19 heavy (non-hydrogen) atoms. The number of rotatable bonds is 1. The number of nitrogens with one attached hydrogen (secondary N) is 1. The SMILES string of the molecule is CC1(C(F)(F)F)NC(=O)N(c2ccc(N)cc2)C1=O. The summed E-state index contributed by atoms with van der Waals surface area (Å²) in [4.78, 5) is 23.9. The normalized spacial score (nSPS) is 23.7. The second-order valence-electron chi connectivity index (χ2n) is 4.29. The second-order valence-corrected chi connectivity index (χ2v) is 4.29. The first-order chi connectivity index (χ1) is 8.67. The molecule has 1 aliphatic heterocycles. The van der Waals surface area contributed by atoms with E-state index in [1.54, 1.807) is 5.32 Å². The van der Waals surface area contributed by atoms with Gasteiger partial charge in [-0.15, -0.1) is 0 Å². The number of hydrogen-bond donors (Lipinski definition) is 2. The van der Waals surface area contributed by atoms with Crippen LogP contribution in [0.2, 0.25) is 0 Å². The Labute approximate surface area is 106 Å². The van der Waals surface area contributed by atoms with Crippen LogP contribution in [-0.4, -0.2) is 23.7 Å². The molecule has 3 amide bonds. The molecule has 0 aromatic heterocycles. The quantitative estimate of drug-likeness (QED) is 0.603. The average molecular weight is 273 g/mol. The standard InChI is InChI=1S/C11H10F3N3O2/c1-10(11(12,13)14)8(18)17(9(19)16-10)7-4-2-6(15)3-5-7/h2-5H,15H2,1H3,(H,16,19). The Balaban J connectivity index is 2.42. The smallest absolute Gasteiger partial charge is 0.399 e. The van der Waals surface area contributed by atoms with Gasteiger partial charge in [0.1, 0.15) is 0 Å². The zero-order valence-electron chi connectivity index (χ0n) is 9.78. The fourth-order valence-electron chi connectivity index (χ4n) is 1.69. The summed E-state index contributed by atoms with van der Waals surface area (Å²) in [5.41, 5.74) is 2.92. The van der Waals surface area contributed by atoms with Crippen molar-refractivity contribution in [2.45, 2.75) is 18.6 Å². The summed E-state index contributed by atoms with van der Waals surface area (Å²) in [6.45, 7) is 0.629. The van der Waals surface area contributed by atoms with Crippen LogP contribution in [0.25, 0.3) is 0 Å². The molecule has 5 nitrogen and oxygen atoms in total. The number of anilines is 2. The summed E-state index contributed by atoms with van der Waals surface area (Å²) in [6.07, 6.45) is -4.87. The molecule has 1 heterocycles. The molecular weight excluding hydrogens is 263 g/mol. The molecule has 1 atom stereocenters. The summed E-state index contributed by atoms with van der Waals surface area (Å²) in [7, 11) is 0. The first-order valence-corrected chi connectivity index (χ1v) is 5.26. The average Bonchev–Trinajstić information content (AvgIpc) is 2.52. The van der Waals surface area contributed by atoms with Gasteiger partial charge in [-0.25, -0.2) is 9.69 Å². The number of nitrogen functional groups attached to an aromatic ring is 1. The number of carbonyl (C=O) groups excluding carboxylic acids is 2. The highest BCUT2D eigenvalue weighted by Crippen LogP contribution is 2.36. The van der Waals surface area contributed by atoms with Crippen molar-refractivity contribution in [1.29, 1.82) is 0 Å². The molecule has 0 spiro atoms. The van der Waals surface area contributed by atoms with E-state index < -0.39 is 23.7 Å². The topological polar surface area (TPSA) is 75.4 Å². The van der Waals surface area contributed by atoms with Gasteiger partial charge in [0, 0.05) is 5.69 Å². The summed E-state index contributed by atoms with van der Waals surface area (Å²) in [5.74, 6) is -1.37. The van der Waals surface area contributed by atoms with Gasteiger partial charge in [-0.2, -0.15) is 13.2 Å². The van der Waals surface area contributed by atoms with E-state index in [9.17, 15) is 22.8 Å². The van der Waals surface area contributed by atoms with Crippen molar-refractivity contribution in [1.82, 2.24) is 5.32 Å². The van der Waals surface area contributed by atoms with E-state index in [1.165, 1.54) is 24.3 Å². The van der Waals surface area contributed by atoms with Crippen LogP contribution >= 0.6 is 0 Å². The third-order valence-corrected chi connectivity index (χ3v) is 2.91. The summed E-state index contributed by atoms with van der Waals surface area (Å²) < 4.78 is 38.5. The number of hydrogen-bond acceptors (Lipinski definition) is 3. The van der Waals surface area contributed by atoms with E-state index >= 15 is 0 Å². The minimum absolute atomic E-state index is 0.0321. The monoisotopic (exact) mass is 273 g/mol. The lowest BCUT2D eigenvalue weighted by atomic mass is 10.0. The van der Waals surface area contributed by atoms with E-state index in [0.29, 0.717) is 17.5 Å². The third kappa shape index (κ3) is 1.88. The zero-order valence-corrected chi connectivity index (χ0v) is 9.78. The predicted octanol–water partition coefficient (Wildman–Crippen LogP) is 1.65. The zero-order chi connectivity index (χ0) is 14.4. The van der Waals surface area contributed by atoms with Crippen LogP contribution in [0.15, 0.2) is 24.3 Å². The van der Waals surface area contributed by atoms with Crippen molar-refractivity contribution >= 4 is 23.3 Å². The number of nitrogens with zero attached hydrogens (tertiary/aromatic N) is 1. The van der Waals surface area contributed by atoms with Crippen LogP contribution in [0.5, 0.6) is 0 Å². The number of amides is 3. The number of carbonyl (C=O) groups is 2. The van der Waals surface area contributed by atoms with Crippen molar-refractivity contribution < 1.29 is 22.8 Å². The molecule has 1 saturated heterocycles. The second kappa shape index (κ2) is 3.87. The Morgan fingerprint density at radius 3 is 2.16 bits per heavy atom. The van der Waals surface area contributed by atoms with Crippen molar-refractivity contribution in [3.63, 3.8) is 0 Å². The Hall–Kier alpha value is -2.25. The number of nitrogens with two attached hydrogens (primary N) is 1. The maximum atomic E-state index is 12.8. The van der Waals surface area contributed by atoms with Gasteiger partial charge in [0.05, 0.1) is 5.69 Å². The molecule has 0 bridgehead atoms. The molecule has 1 fully saturated rings. The number of halogens is 3. The first kappa shape index (κ1) is 13.2. The van der Waals surface area contributed by atoms with E-state index in [1.807, 2.05) is 0 Å². The fourth-order valence-corrected chi connectivity index (χ4v) is 1.69. The number of benzene rings is 1. The largest absolute Gasteiger partial charge is 0.420 e. The minimum Gasteiger partial charge on any atom is -0.399 e. The molecular formula is C11H10F3N3O2. The van der Waals surface area contributed by atoms with E-state index in [0.717, 1.165) is 0 Å². The van der Waals surface area contributed by atoms with Crippen LogP contribution < -0.4 is 16.0 Å². The van der Waals surface area contributed by atoms with Gasteiger partial charge < -0.3 is 11.1 Å². The van der Waals surface area contributed by atoms with E-state index in [-0.39, 0.29) is 5.69 Å². The molecule has 1 aromatic carbocycles. The van der Waals surface area contributed by atoms with Crippen LogP contribution in [0.1, 0.15) is 6.92 Å². The molecule has 102 valence electrons. The molecule has 2 rings (SSSR count). The Morgan fingerprint density at radius 1 is 1.21 bits per heavy atom. The third-order valence-electron chi connectivity index (χ3n) is 2.91.